The van der Waals surface area contributed by atoms with Crippen molar-refractivity contribution in [2.24, 2.45) is 11.3 Å². The normalized spacial score (nSPS) is 17.4. The number of carbonyl (C=O) groups is 2. The first kappa shape index (κ1) is 17.0. The molecule has 0 aromatic heterocycles. The van der Waals surface area contributed by atoms with Crippen LogP contribution in [0.2, 0.25) is 0 Å². The number of carbonyl (C=O) groups excluding carboxylic acids is 2. The van der Waals surface area contributed by atoms with Gasteiger partial charge in [0.2, 0.25) is 5.91 Å². The van der Waals surface area contributed by atoms with Gasteiger partial charge < -0.3 is 9.74 Å². The standard InChI is InChI=1S/C15H28N2O3/c1-12(2)6-7-13(18)16-8-10-17(11-9-16)20-14(19)15(3,4)5/h12H,6-11H2,1-5H3. The van der Waals surface area contributed by atoms with Gasteiger partial charge in [0, 0.05) is 19.5 Å². The number of hydrogen-bond donors (Lipinski definition) is 0. The third-order valence-corrected chi connectivity index (χ3v) is 3.35. The number of rotatable bonds is 4. The molecule has 0 atom stereocenters. The molecule has 0 aromatic rings. The van der Waals surface area contributed by atoms with E-state index in [1.165, 1.54) is 0 Å². The second kappa shape index (κ2) is 7.07. The Balaban J connectivity index is 2.33. The molecule has 5 nitrogen and oxygen atoms in total. The second-order valence-electron chi connectivity index (χ2n) is 6.87. The molecule has 0 saturated carbocycles. The van der Waals surface area contributed by atoms with Crippen molar-refractivity contribution in [3.8, 4) is 0 Å². The van der Waals surface area contributed by atoms with E-state index in [4.69, 9.17) is 4.84 Å². The molecule has 0 aliphatic carbocycles. The summed E-state index contributed by atoms with van der Waals surface area (Å²) in [5, 5.41) is 1.67. The maximum absolute atomic E-state index is 12.0. The van der Waals surface area contributed by atoms with Gasteiger partial charge in [-0.25, -0.2) is 4.79 Å². The molecule has 0 bridgehead atoms. The minimum Gasteiger partial charge on any atom is -0.367 e. The molecular formula is C15H28N2O3. The smallest absolute Gasteiger partial charge is 0.330 e. The van der Waals surface area contributed by atoms with Crippen molar-refractivity contribution in [2.45, 2.75) is 47.5 Å². The zero-order valence-corrected chi connectivity index (χ0v) is 13.4. The van der Waals surface area contributed by atoms with Crippen LogP contribution in [0.15, 0.2) is 0 Å². The van der Waals surface area contributed by atoms with Gasteiger partial charge in [-0.1, -0.05) is 13.8 Å². The number of amides is 1. The molecule has 1 aliphatic heterocycles. The van der Waals surface area contributed by atoms with Gasteiger partial charge in [0.05, 0.1) is 18.5 Å². The van der Waals surface area contributed by atoms with Crippen molar-refractivity contribution < 1.29 is 14.4 Å². The van der Waals surface area contributed by atoms with Crippen LogP contribution in [0, 0.1) is 11.3 Å². The van der Waals surface area contributed by atoms with Crippen LogP contribution in [0.1, 0.15) is 47.5 Å². The Hall–Kier alpha value is -1.10. The Kier molecular flexibility index (Phi) is 5.99. The minimum atomic E-state index is -0.496. The van der Waals surface area contributed by atoms with Crippen LogP contribution in [0.3, 0.4) is 0 Å². The summed E-state index contributed by atoms with van der Waals surface area (Å²) >= 11 is 0. The van der Waals surface area contributed by atoms with Crippen LogP contribution in [0.25, 0.3) is 0 Å². The average molecular weight is 284 g/mol. The molecule has 0 aromatic carbocycles. The Morgan fingerprint density at radius 2 is 1.65 bits per heavy atom. The van der Waals surface area contributed by atoms with Gasteiger partial charge >= 0.3 is 5.97 Å². The summed E-state index contributed by atoms with van der Waals surface area (Å²) in [7, 11) is 0. The number of nitrogens with zero attached hydrogens (tertiary/aromatic N) is 2. The summed E-state index contributed by atoms with van der Waals surface area (Å²) in [6, 6.07) is 0. The van der Waals surface area contributed by atoms with Crippen molar-refractivity contribution >= 4 is 11.9 Å². The fourth-order valence-corrected chi connectivity index (χ4v) is 1.85. The molecule has 0 N–H and O–H groups in total. The molecule has 1 fully saturated rings. The van der Waals surface area contributed by atoms with Gasteiger partial charge in [0.15, 0.2) is 0 Å². The van der Waals surface area contributed by atoms with E-state index in [0.717, 1.165) is 6.42 Å². The fraction of sp³-hybridized carbons (Fsp3) is 0.867. The van der Waals surface area contributed by atoms with Gasteiger partial charge in [-0.2, -0.15) is 0 Å². The summed E-state index contributed by atoms with van der Waals surface area (Å²) in [6.45, 7) is 12.2. The Morgan fingerprint density at radius 3 is 2.10 bits per heavy atom. The third-order valence-electron chi connectivity index (χ3n) is 3.35. The van der Waals surface area contributed by atoms with Crippen molar-refractivity contribution in [1.29, 1.82) is 0 Å². The Morgan fingerprint density at radius 1 is 1.10 bits per heavy atom. The zero-order valence-electron chi connectivity index (χ0n) is 13.4. The van der Waals surface area contributed by atoms with Crippen molar-refractivity contribution in [3.05, 3.63) is 0 Å². The first-order valence-corrected chi connectivity index (χ1v) is 7.45. The maximum atomic E-state index is 12.0. The number of hydrogen-bond acceptors (Lipinski definition) is 4. The molecule has 116 valence electrons. The van der Waals surface area contributed by atoms with E-state index in [9.17, 15) is 9.59 Å². The lowest BCUT2D eigenvalue weighted by Crippen LogP contribution is -2.49. The fourth-order valence-electron chi connectivity index (χ4n) is 1.85. The molecular weight excluding hydrogens is 256 g/mol. The highest BCUT2D eigenvalue weighted by atomic mass is 16.7. The van der Waals surface area contributed by atoms with Gasteiger partial charge in [-0.3, -0.25) is 4.79 Å². The van der Waals surface area contributed by atoms with E-state index < -0.39 is 5.41 Å². The molecule has 1 rings (SSSR count). The van der Waals surface area contributed by atoms with E-state index in [1.807, 2.05) is 25.7 Å². The Bertz CT molecular complexity index is 340. The third kappa shape index (κ3) is 5.49. The highest BCUT2D eigenvalue weighted by molar-refractivity contribution is 5.76. The molecule has 20 heavy (non-hydrogen) atoms. The second-order valence-corrected chi connectivity index (χ2v) is 6.87. The summed E-state index contributed by atoms with van der Waals surface area (Å²) in [6.07, 6.45) is 1.54. The van der Waals surface area contributed by atoms with Gasteiger partial charge in [0.25, 0.3) is 0 Å². The van der Waals surface area contributed by atoms with Crippen LogP contribution >= 0.6 is 0 Å². The topological polar surface area (TPSA) is 49.9 Å². The van der Waals surface area contributed by atoms with Crippen LogP contribution in [-0.2, 0) is 14.4 Å². The molecule has 1 saturated heterocycles. The highest BCUT2D eigenvalue weighted by Crippen LogP contribution is 2.17. The minimum absolute atomic E-state index is 0.209. The van der Waals surface area contributed by atoms with E-state index in [-0.39, 0.29) is 11.9 Å². The summed E-state index contributed by atoms with van der Waals surface area (Å²) < 4.78 is 0. The van der Waals surface area contributed by atoms with Crippen molar-refractivity contribution in [3.63, 3.8) is 0 Å². The van der Waals surface area contributed by atoms with Crippen molar-refractivity contribution in [2.75, 3.05) is 26.2 Å². The molecule has 1 heterocycles. The molecule has 0 unspecified atom stereocenters. The van der Waals surface area contributed by atoms with E-state index in [1.54, 1.807) is 5.06 Å². The SMILES string of the molecule is CC(C)CCC(=O)N1CCN(OC(=O)C(C)(C)C)CC1. The molecule has 0 radical (unpaired) electrons. The largest absolute Gasteiger partial charge is 0.367 e. The molecule has 1 amide bonds. The van der Waals surface area contributed by atoms with Crippen LogP contribution in [-0.4, -0.2) is 48.0 Å². The monoisotopic (exact) mass is 284 g/mol. The molecule has 5 heteroatoms. The molecule has 0 spiro atoms. The average Bonchev–Trinajstić information content (AvgIpc) is 2.35. The van der Waals surface area contributed by atoms with E-state index >= 15 is 0 Å². The lowest BCUT2D eigenvalue weighted by molar-refractivity contribution is -0.207. The number of hydroxylamine groups is 2. The van der Waals surface area contributed by atoms with Crippen LogP contribution in [0.4, 0.5) is 0 Å². The Labute approximate surface area is 122 Å². The van der Waals surface area contributed by atoms with Gasteiger partial charge in [-0.15, -0.1) is 5.06 Å². The van der Waals surface area contributed by atoms with E-state index in [2.05, 4.69) is 13.8 Å². The van der Waals surface area contributed by atoms with Crippen LogP contribution < -0.4 is 0 Å². The number of piperazine rings is 1. The van der Waals surface area contributed by atoms with E-state index in [0.29, 0.717) is 38.5 Å². The van der Waals surface area contributed by atoms with Gasteiger partial charge in [0.1, 0.15) is 0 Å². The molecule has 1 aliphatic rings. The first-order valence-electron chi connectivity index (χ1n) is 7.45. The lowest BCUT2D eigenvalue weighted by atomic mass is 9.98. The lowest BCUT2D eigenvalue weighted by Gasteiger charge is -2.34. The quantitative estimate of drug-likeness (QED) is 0.793. The van der Waals surface area contributed by atoms with Gasteiger partial charge in [-0.05, 0) is 33.1 Å². The summed E-state index contributed by atoms with van der Waals surface area (Å²) in [5.74, 6) is 0.533. The maximum Gasteiger partial charge on any atom is 0.330 e. The zero-order chi connectivity index (χ0) is 15.3. The van der Waals surface area contributed by atoms with Crippen LogP contribution in [0.5, 0.6) is 0 Å². The summed E-state index contributed by atoms with van der Waals surface area (Å²) in [5.41, 5.74) is -0.496. The predicted octanol–water partition coefficient (Wildman–Crippen LogP) is 2.07. The predicted molar refractivity (Wildman–Crippen MR) is 77.8 cm³/mol. The first-order chi connectivity index (χ1) is 9.20. The van der Waals surface area contributed by atoms with Crippen molar-refractivity contribution in [1.82, 2.24) is 9.96 Å². The highest BCUT2D eigenvalue weighted by Gasteiger charge is 2.28. The summed E-state index contributed by atoms with van der Waals surface area (Å²) in [4.78, 5) is 31.0.